The van der Waals surface area contributed by atoms with Crippen LogP contribution in [-0.2, 0) is 9.53 Å². The Hall–Kier alpha value is -4.13. The standard InChI is InChI=1S/C27H24N2O5/c30-25(18-8-2-1-3-9-18)29-15-14-28(16-24(29)26(31)32)27(33)34-17-23-21-12-6-4-10-19(21)20-11-5-7-13-22(20)23/h1-13,23-24H,14-17H2,(H,31,32)/t24-/m0/s1. The number of hydrogen-bond acceptors (Lipinski definition) is 4. The molecule has 3 aromatic rings. The molecule has 1 saturated heterocycles. The number of rotatable bonds is 4. The lowest BCUT2D eigenvalue weighted by molar-refractivity contribution is -0.144. The van der Waals surface area contributed by atoms with Crippen molar-refractivity contribution in [2.75, 3.05) is 26.2 Å². The van der Waals surface area contributed by atoms with Crippen LogP contribution in [0.3, 0.4) is 0 Å². The van der Waals surface area contributed by atoms with Crippen LogP contribution < -0.4 is 0 Å². The fraction of sp³-hybridized carbons (Fsp3) is 0.222. The molecule has 7 heteroatoms. The number of benzene rings is 3. The average molecular weight is 456 g/mol. The summed E-state index contributed by atoms with van der Waals surface area (Å²) in [7, 11) is 0. The van der Waals surface area contributed by atoms with Gasteiger partial charge in [-0.25, -0.2) is 9.59 Å². The lowest BCUT2D eigenvalue weighted by Crippen LogP contribution is -2.59. The normalized spacial score (nSPS) is 17.1. The van der Waals surface area contributed by atoms with Crippen molar-refractivity contribution in [3.05, 3.63) is 95.6 Å². The predicted molar refractivity (Wildman–Crippen MR) is 126 cm³/mol. The van der Waals surface area contributed by atoms with Crippen molar-refractivity contribution in [2.24, 2.45) is 0 Å². The third kappa shape index (κ3) is 3.90. The van der Waals surface area contributed by atoms with Gasteiger partial charge < -0.3 is 19.6 Å². The molecule has 1 N–H and O–H groups in total. The number of piperazine rings is 1. The van der Waals surface area contributed by atoms with Gasteiger partial charge >= 0.3 is 12.1 Å². The summed E-state index contributed by atoms with van der Waals surface area (Å²) in [6.45, 7) is 0.367. The van der Waals surface area contributed by atoms with Crippen molar-refractivity contribution in [3.8, 4) is 11.1 Å². The van der Waals surface area contributed by atoms with Crippen LogP contribution in [0.4, 0.5) is 4.79 Å². The summed E-state index contributed by atoms with van der Waals surface area (Å²) >= 11 is 0. The molecule has 0 bridgehead atoms. The van der Waals surface area contributed by atoms with E-state index in [1.807, 2.05) is 36.4 Å². The molecule has 1 heterocycles. The zero-order valence-electron chi connectivity index (χ0n) is 18.5. The molecule has 2 amide bonds. The highest BCUT2D eigenvalue weighted by Crippen LogP contribution is 2.44. The summed E-state index contributed by atoms with van der Waals surface area (Å²) in [6, 6.07) is 23.6. The Bertz CT molecular complexity index is 1200. The van der Waals surface area contributed by atoms with Crippen LogP contribution >= 0.6 is 0 Å². The van der Waals surface area contributed by atoms with Crippen molar-refractivity contribution < 1.29 is 24.2 Å². The highest BCUT2D eigenvalue weighted by Gasteiger charge is 2.38. The smallest absolute Gasteiger partial charge is 0.409 e. The van der Waals surface area contributed by atoms with Gasteiger partial charge in [-0.15, -0.1) is 0 Å². The molecule has 3 aromatic carbocycles. The monoisotopic (exact) mass is 456 g/mol. The highest BCUT2D eigenvalue weighted by atomic mass is 16.6. The molecule has 1 aliphatic carbocycles. The Labute approximate surface area is 197 Å². The Balaban J connectivity index is 1.27. The third-order valence-corrected chi connectivity index (χ3v) is 6.54. The Kier molecular flexibility index (Phi) is 5.76. The van der Waals surface area contributed by atoms with Crippen molar-refractivity contribution in [1.29, 1.82) is 0 Å². The van der Waals surface area contributed by atoms with Crippen LogP contribution in [0.25, 0.3) is 11.1 Å². The van der Waals surface area contributed by atoms with Crippen molar-refractivity contribution in [1.82, 2.24) is 9.80 Å². The number of amides is 2. The molecule has 172 valence electrons. The zero-order valence-corrected chi connectivity index (χ0v) is 18.5. The average Bonchev–Trinajstić information content (AvgIpc) is 3.20. The molecule has 5 rings (SSSR count). The van der Waals surface area contributed by atoms with Crippen molar-refractivity contribution >= 4 is 18.0 Å². The number of ether oxygens (including phenoxy) is 1. The second kappa shape index (κ2) is 9.02. The molecule has 0 unspecified atom stereocenters. The van der Waals surface area contributed by atoms with E-state index in [9.17, 15) is 19.5 Å². The van der Waals surface area contributed by atoms with Gasteiger partial charge in [-0.3, -0.25) is 4.79 Å². The minimum atomic E-state index is -1.15. The van der Waals surface area contributed by atoms with Gasteiger partial charge in [-0.2, -0.15) is 0 Å². The van der Waals surface area contributed by atoms with Gasteiger partial charge in [0.25, 0.3) is 5.91 Å². The van der Waals surface area contributed by atoms with E-state index in [0.29, 0.717) is 5.56 Å². The fourth-order valence-corrected chi connectivity index (χ4v) is 4.84. The number of aliphatic carboxylic acids is 1. The van der Waals surface area contributed by atoms with E-state index >= 15 is 0 Å². The molecule has 0 saturated carbocycles. The number of carbonyl (C=O) groups is 3. The van der Waals surface area contributed by atoms with Crippen LogP contribution in [0.1, 0.15) is 27.4 Å². The van der Waals surface area contributed by atoms with Crippen LogP contribution in [0.2, 0.25) is 0 Å². The van der Waals surface area contributed by atoms with Crippen molar-refractivity contribution in [2.45, 2.75) is 12.0 Å². The van der Waals surface area contributed by atoms with E-state index in [2.05, 4.69) is 12.1 Å². The van der Waals surface area contributed by atoms with E-state index in [4.69, 9.17) is 4.74 Å². The maximum Gasteiger partial charge on any atom is 0.409 e. The van der Waals surface area contributed by atoms with Gasteiger partial charge in [0.15, 0.2) is 0 Å². The summed E-state index contributed by atoms with van der Waals surface area (Å²) in [6.07, 6.45) is -0.570. The molecule has 1 aliphatic heterocycles. The predicted octanol–water partition coefficient (Wildman–Crippen LogP) is 3.85. The molecule has 34 heavy (non-hydrogen) atoms. The number of carbonyl (C=O) groups excluding carboxylic acids is 2. The molecule has 0 radical (unpaired) electrons. The molecule has 1 fully saturated rings. The first-order valence-corrected chi connectivity index (χ1v) is 11.2. The summed E-state index contributed by atoms with van der Waals surface area (Å²) in [5.74, 6) is -1.59. The molecule has 2 aliphatic rings. The number of carboxylic acid groups (broad SMARTS) is 1. The lowest BCUT2D eigenvalue weighted by atomic mass is 9.98. The van der Waals surface area contributed by atoms with E-state index in [1.165, 1.54) is 9.80 Å². The lowest BCUT2D eigenvalue weighted by Gasteiger charge is -2.38. The first kappa shape index (κ1) is 21.7. The molecule has 1 atom stereocenters. The largest absolute Gasteiger partial charge is 0.480 e. The van der Waals surface area contributed by atoms with Gasteiger partial charge in [0, 0.05) is 24.6 Å². The van der Waals surface area contributed by atoms with E-state index in [1.54, 1.807) is 30.3 Å². The minimum Gasteiger partial charge on any atom is -0.480 e. The first-order chi connectivity index (χ1) is 16.5. The second-order valence-corrected chi connectivity index (χ2v) is 8.47. The van der Waals surface area contributed by atoms with Gasteiger partial charge in [0.2, 0.25) is 0 Å². The summed E-state index contributed by atoms with van der Waals surface area (Å²) in [4.78, 5) is 40.4. The van der Waals surface area contributed by atoms with Crippen LogP contribution in [0.15, 0.2) is 78.9 Å². The summed E-state index contributed by atoms with van der Waals surface area (Å²) in [5, 5.41) is 9.75. The second-order valence-electron chi connectivity index (χ2n) is 8.47. The number of carboxylic acids is 1. The summed E-state index contributed by atoms with van der Waals surface area (Å²) in [5.41, 5.74) is 4.91. The molecule has 0 spiro atoms. The topological polar surface area (TPSA) is 87.2 Å². The molecular formula is C27H24N2O5. The minimum absolute atomic E-state index is 0.0763. The molecular weight excluding hydrogens is 432 g/mol. The Morgan fingerprint density at radius 1 is 0.824 bits per heavy atom. The van der Waals surface area contributed by atoms with Crippen LogP contribution in [0.5, 0.6) is 0 Å². The van der Waals surface area contributed by atoms with Gasteiger partial charge in [0.1, 0.15) is 12.6 Å². The number of fused-ring (bicyclic) bond motifs is 3. The molecule has 7 nitrogen and oxygen atoms in total. The maximum absolute atomic E-state index is 12.9. The zero-order chi connectivity index (χ0) is 23.7. The van der Waals surface area contributed by atoms with Crippen LogP contribution in [-0.4, -0.2) is 65.2 Å². The van der Waals surface area contributed by atoms with Crippen LogP contribution in [0, 0.1) is 0 Å². The highest BCUT2D eigenvalue weighted by molar-refractivity contribution is 5.97. The molecule has 0 aromatic heterocycles. The van der Waals surface area contributed by atoms with Gasteiger partial charge in [0.05, 0.1) is 6.54 Å². The van der Waals surface area contributed by atoms with Gasteiger partial charge in [-0.1, -0.05) is 66.7 Å². The van der Waals surface area contributed by atoms with Gasteiger partial charge in [-0.05, 0) is 34.4 Å². The van der Waals surface area contributed by atoms with E-state index < -0.39 is 18.1 Å². The Morgan fingerprint density at radius 2 is 1.41 bits per heavy atom. The number of hydrogen-bond donors (Lipinski definition) is 1. The van der Waals surface area contributed by atoms with Crippen molar-refractivity contribution in [3.63, 3.8) is 0 Å². The fourth-order valence-electron chi connectivity index (χ4n) is 4.84. The number of nitrogens with zero attached hydrogens (tertiary/aromatic N) is 2. The van der Waals surface area contributed by atoms with E-state index in [-0.39, 0.29) is 38.1 Å². The maximum atomic E-state index is 12.9. The quantitative estimate of drug-likeness (QED) is 0.645. The first-order valence-electron chi connectivity index (χ1n) is 11.2. The summed E-state index contributed by atoms with van der Waals surface area (Å²) < 4.78 is 5.68. The Morgan fingerprint density at radius 3 is 2.03 bits per heavy atom. The van der Waals surface area contributed by atoms with E-state index in [0.717, 1.165) is 22.3 Å². The third-order valence-electron chi connectivity index (χ3n) is 6.54. The SMILES string of the molecule is O=C(O)[C@@H]1CN(C(=O)OCC2c3ccccc3-c3ccccc32)CCN1C(=O)c1ccccc1.